The molecule has 0 aliphatic heterocycles. The van der Waals surface area contributed by atoms with Crippen molar-refractivity contribution in [1.82, 2.24) is 0 Å². The van der Waals surface area contributed by atoms with E-state index in [1.165, 1.54) is 0 Å². The van der Waals surface area contributed by atoms with E-state index in [9.17, 15) is 15.0 Å². The van der Waals surface area contributed by atoms with Gasteiger partial charge in [0.05, 0.1) is 12.0 Å². The minimum atomic E-state index is -1.09. The van der Waals surface area contributed by atoms with Crippen LogP contribution in [0.4, 0.5) is 0 Å². The minimum Gasteiger partial charge on any atom is -0.389 e. The Kier molecular flexibility index (Phi) is 3.34. The van der Waals surface area contributed by atoms with Crippen LogP contribution >= 0.6 is 11.6 Å². The molecule has 0 amide bonds. The average molecular weight is 289 g/mol. The van der Waals surface area contributed by atoms with Gasteiger partial charge in [0, 0.05) is 11.1 Å². The monoisotopic (exact) mass is 288 g/mol. The van der Waals surface area contributed by atoms with E-state index in [2.05, 4.69) is 0 Å². The van der Waals surface area contributed by atoms with Crippen molar-refractivity contribution in [2.24, 2.45) is 0 Å². The fourth-order valence-corrected chi connectivity index (χ4v) is 2.70. The molecule has 2 unspecified atom stereocenters. The van der Waals surface area contributed by atoms with Gasteiger partial charge in [0.1, 0.15) is 6.10 Å². The average Bonchev–Trinajstić information content (AvgIpc) is 2.79. The molecule has 4 heteroatoms. The summed E-state index contributed by atoms with van der Waals surface area (Å²) >= 11 is 5.54. The van der Waals surface area contributed by atoms with Crippen LogP contribution in [0.15, 0.2) is 42.5 Å². The summed E-state index contributed by atoms with van der Waals surface area (Å²) in [5, 5.41) is 19.6. The van der Waals surface area contributed by atoms with Crippen LogP contribution in [0.3, 0.4) is 0 Å². The predicted octanol–water partition coefficient (Wildman–Crippen LogP) is 2.53. The van der Waals surface area contributed by atoms with Gasteiger partial charge in [0.15, 0.2) is 5.78 Å². The molecule has 2 N–H and O–H groups in total. The molecule has 20 heavy (non-hydrogen) atoms. The Bertz CT molecular complexity index is 681. The third kappa shape index (κ3) is 1.95. The SMILES string of the molecule is O=C1c2ccccc2-c2ccc(C(O)C(O)CCl)cc21. The van der Waals surface area contributed by atoms with Crippen molar-refractivity contribution in [2.45, 2.75) is 12.2 Å². The summed E-state index contributed by atoms with van der Waals surface area (Å²) in [7, 11) is 0. The van der Waals surface area contributed by atoms with Crippen molar-refractivity contribution < 1.29 is 15.0 Å². The number of hydrogen-bond acceptors (Lipinski definition) is 3. The zero-order valence-corrected chi connectivity index (χ0v) is 11.3. The highest BCUT2D eigenvalue weighted by Crippen LogP contribution is 2.37. The van der Waals surface area contributed by atoms with Crippen molar-refractivity contribution in [3.63, 3.8) is 0 Å². The quantitative estimate of drug-likeness (QED) is 0.728. The highest BCUT2D eigenvalue weighted by molar-refractivity contribution is 6.21. The van der Waals surface area contributed by atoms with Crippen LogP contribution in [0.2, 0.25) is 0 Å². The maximum Gasteiger partial charge on any atom is 0.194 e. The van der Waals surface area contributed by atoms with Gasteiger partial charge < -0.3 is 10.2 Å². The lowest BCUT2D eigenvalue weighted by Gasteiger charge is -2.16. The maximum absolute atomic E-state index is 12.3. The van der Waals surface area contributed by atoms with Gasteiger partial charge in [0.25, 0.3) is 0 Å². The number of carbonyl (C=O) groups excluding carboxylic acids is 1. The summed E-state index contributed by atoms with van der Waals surface area (Å²) in [5.41, 5.74) is 3.50. The molecule has 3 rings (SSSR count). The first-order valence-corrected chi connectivity index (χ1v) is 6.87. The largest absolute Gasteiger partial charge is 0.389 e. The van der Waals surface area contributed by atoms with Crippen molar-refractivity contribution in [2.75, 3.05) is 5.88 Å². The lowest BCUT2D eigenvalue weighted by Crippen LogP contribution is -2.19. The van der Waals surface area contributed by atoms with E-state index < -0.39 is 12.2 Å². The second-order valence-corrected chi connectivity index (χ2v) is 5.15. The smallest absolute Gasteiger partial charge is 0.194 e. The Morgan fingerprint density at radius 1 is 0.950 bits per heavy atom. The molecule has 2 atom stereocenters. The number of benzene rings is 2. The van der Waals surface area contributed by atoms with Gasteiger partial charge in [-0.05, 0) is 22.8 Å². The van der Waals surface area contributed by atoms with Gasteiger partial charge >= 0.3 is 0 Å². The van der Waals surface area contributed by atoms with Crippen LogP contribution in [0, 0.1) is 0 Å². The molecule has 0 aromatic heterocycles. The number of alkyl halides is 1. The van der Waals surface area contributed by atoms with Crippen molar-refractivity contribution in [3.05, 3.63) is 59.2 Å². The van der Waals surface area contributed by atoms with Gasteiger partial charge in [-0.3, -0.25) is 4.79 Å². The molecule has 0 saturated heterocycles. The predicted molar refractivity (Wildman–Crippen MR) is 77.0 cm³/mol. The fourth-order valence-electron chi connectivity index (χ4n) is 2.54. The van der Waals surface area contributed by atoms with Gasteiger partial charge in [0.2, 0.25) is 0 Å². The first-order chi connectivity index (χ1) is 9.63. The standard InChI is InChI=1S/C16H13ClO3/c17-8-14(18)15(19)9-5-6-11-10-3-1-2-4-12(10)16(20)13(11)7-9/h1-7,14-15,18-19H,8H2. The highest BCUT2D eigenvalue weighted by atomic mass is 35.5. The third-order valence-corrected chi connectivity index (χ3v) is 3.93. The number of fused-ring (bicyclic) bond motifs is 3. The molecular weight excluding hydrogens is 276 g/mol. The van der Waals surface area contributed by atoms with E-state index in [0.717, 1.165) is 11.1 Å². The van der Waals surface area contributed by atoms with Crippen LogP contribution in [0.25, 0.3) is 11.1 Å². The number of carbonyl (C=O) groups is 1. The minimum absolute atomic E-state index is 0.0509. The summed E-state index contributed by atoms with van der Waals surface area (Å²) in [6, 6.07) is 12.6. The molecule has 2 aromatic carbocycles. The van der Waals surface area contributed by atoms with Gasteiger partial charge in [-0.2, -0.15) is 0 Å². The number of halogens is 1. The Hall–Kier alpha value is -1.68. The van der Waals surface area contributed by atoms with Crippen LogP contribution in [0.1, 0.15) is 27.6 Å². The summed E-state index contributed by atoms with van der Waals surface area (Å²) < 4.78 is 0. The van der Waals surface area contributed by atoms with E-state index in [4.69, 9.17) is 11.6 Å². The zero-order chi connectivity index (χ0) is 14.3. The van der Waals surface area contributed by atoms with E-state index in [1.54, 1.807) is 24.3 Å². The summed E-state index contributed by atoms with van der Waals surface area (Å²) in [5.74, 6) is -0.114. The van der Waals surface area contributed by atoms with E-state index in [0.29, 0.717) is 16.7 Å². The molecule has 0 saturated carbocycles. The van der Waals surface area contributed by atoms with E-state index in [1.807, 2.05) is 18.2 Å². The number of rotatable bonds is 3. The van der Waals surface area contributed by atoms with Crippen LogP contribution in [-0.2, 0) is 0 Å². The first kappa shape index (κ1) is 13.3. The van der Waals surface area contributed by atoms with E-state index in [-0.39, 0.29) is 11.7 Å². The zero-order valence-electron chi connectivity index (χ0n) is 10.6. The van der Waals surface area contributed by atoms with Crippen LogP contribution in [-0.4, -0.2) is 28.0 Å². The Morgan fingerprint density at radius 3 is 2.30 bits per heavy atom. The number of ketones is 1. The van der Waals surface area contributed by atoms with Crippen LogP contribution < -0.4 is 0 Å². The molecule has 0 spiro atoms. The number of aliphatic hydroxyl groups excluding tert-OH is 2. The first-order valence-electron chi connectivity index (χ1n) is 6.33. The second-order valence-electron chi connectivity index (χ2n) is 4.85. The van der Waals surface area contributed by atoms with Crippen molar-refractivity contribution in [1.29, 1.82) is 0 Å². The molecule has 0 fully saturated rings. The molecule has 2 aromatic rings. The molecule has 1 aliphatic rings. The van der Waals surface area contributed by atoms with Crippen LogP contribution in [0.5, 0.6) is 0 Å². The fraction of sp³-hybridized carbons (Fsp3) is 0.188. The molecule has 0 heterocycles. The Labute approximate surface area is 121 Å². The topological polar surface area (TPSA) is 57.5 Å². The maximum atomic E-state index is 12.3. The normalized spacial score (nSPS) is 15.7. The van der Waals surface area contributed by atoms with Gasteiger partial charge in [-0.15, -0.1) is 11.6 Å². The molecular formula is C16H13ClO3. The molecule has 0 radical (unpaired) electrons. The van der Waals surface area contributed by atoms with Gasteiger partial charge in [-0.25, -0.2) is 0 Å². The lowest BCUT2D eigenvalue weighted by molar-refractivity contribution is 0.0327. The third-order valence-electron chi connectivity index (χ3n) is 3.61. The number of aliphatic hydroxyl groups is 2. The molecule has 1 aliphatic carbocycles. The van der Waals surface area contributed by atoms with E-state index >= 15 is 0 Å². The van der Waals surface area contributed by atoms with Gasteiger partial charge in [-0.1, -0.05) is 36.4 Å². The second kappa shape index (κ2) is 5.02. The number of hydrogen-bond donors (Lipinski definition) is 2. The molecule has 3 nitrogen and oxygen atoms in total. The summed E-state index contributed by atoms with van der Waals surface area (Å²) in [6.45, 7) is 0. The lowest BCUT2D eigenvalue weighted by atomic mass is 9.98. The Morgan fingerprint density at radius 2 is 1.60 bits per heavy atom. The highest BCUT2D eigenvalue weighted by Gasteiger charge is 2.28. The molecule has 0 bridgehead atoms. The Balaban J connectivity index is 2.07. The van der Waals surface area contributed by atoms with Crippen molar-refractivity contribution in [3.8, 4) is 11.1 Å². The summed E-state index contributed by atoms with van der Waals surface area (Å²) in [6.07, 6.45) is -2.14. The summed E-state index contributed by atoms with van der Waals surface area (Å²) in [4.78, 5) is 12.3. The molecule has 102 valence electrons. The van der Waals surface area contributed by atoms with Crippen molar-refractivity contribution >= 4 is 17.4 Å².